The van der Waals surface area contributed by atoms with Crippen molar-refractivity contribution in [1.29, 1.82) is 0 Å². The minimum atomic E-state index is -0.0795. The summed E-state index contributed by atoms with van der Waals surface area (Å²) in [5.74, 6) is 1.83. The Morgan fingerprint density at radius 2 is 1.58 bits per heavy atom. The molecule has 1 atom stereocenters. The predicted octanol–water partition coefficient (Wildman–Crippen LogP) is 5.68. The lowest BCUT2D eigenvalue weighted by Crippen LogP contribution is -2.30. The van der Waals surface area contributed by atoms with Crippen molar-refractivity contribution in [3.05, 3.63) is 89.5 Å². The summed E-state index contributed by atoms with van der Waals surface area (Å²) < 4.78 is 5.83. The van der Waals surface area contributed by atoms with Gasteiger partial charge in [-0.25, -0.2) is 0 Å². The van der Waals surface area contributed by atoms with E-state index in [1.165, 1.54) is 16.0 Å². The van der Waals surface area contributed by atoms with E-state index in [9.17, 15) is 4.79 Å². The molecule has 0 saturated heterocycles. The van der Waals surface area contributed by atoms with Gasteiger partial charge in [-0.1, -0.05) is 35.9 Å². The number of nitrogens with one attached hydrogen (secondary N) is 1. The minimum Gasteiger partial charge on any atom is -0.416 e. The highest BCUT2D eigenvalue weighted by Crippen LogP contribution is 2.36. The Bertz CT molecular complexity index is 1220. The lowest BCUT2D eigenvalue weighted by molar-refractivity contribution is 0.0935. The van der Waals surface area contributed by atoms with Gasteiger partial charge < -0.3 is 9.73 Å². The third-order valence-electron chi connectivity index (χ3n) is 5.38. The first-order valence-corrected chi connectivity index (χ1v) is 11.2. The highest BCUT2D eigenvalue weighted by Gasteiger charge is 2.22. The Balaban J connectivity index is 1.30. The SMILES string of the molecule is Cc1ccc(-c2nnc(-c3ccc(C(=O)N[C@H]4CCSc5ccccc54)cc3)o2)cc1. The standard InChI is InChI=1S/C25H21N3O2S/c1-16-6-8-18(9-7-16)24-27-28-25(30-24)19-12-10-17(11-13-19)23(29)26-21-14-15-31-22-5-3-2-4-20(21)22/h2-13,21H,14-15H2,1H3,(H,26,29)/t21-/m0/s1. The number of carbonyl (C=O) groups is 1. The van der Waals surface area contributed by atoms with Crippen LogP contribution in [-0.2, 0) is 0 Å². The summed E-state index contributed by atoms with van der Waals surface area (Å²) in [5.41, 5.74) is 4.64. The zero-order valence-electron chi connectivity index (χ0n) is 17.0. The van der Waals surface area contributed by atoms with E-state index in [0.717, 1.165) is 23.3 Å². The Labute approximate surface area is 184 Å². The van der Waals surface area contributed by atoms with Gasteiger partial charge in [0.2, 0.25) is 11.8 Å². The molecule has 1 amide bonds. The van der Waals surface area contributed by atoms with Crippen LogP contribution in [0.3, 0.4) is 0 Å². The van der Waals surface area contributed by atoms with E-state index in [4.69, 9.17) is 4.42 Å². The number of fused-ring (bicyclic) bond motifs is 1. The average molecular weight is 428 g/mol. The number of carbonyl (C=O) groups excluding carboxylic acids is 1. The molecule has 0 saturated carbocycles. The van der Waals surface area contributed by atoms with Gasteiger partial charge in [0, 0.05) is 27.3 Å². The number of thioether (sulfide) groups is 1. The largest absolute Gasteiger partial charge is 0.416 e. The average Bonchev–Trinajstić information content (AvgIpc) is 3.30. The second-order valence-corrected chi connectivity index (χ2v) is 8.69. The molecule has 0 aliphatic carbocycles. The summed E-state index contributed by atoms with van der Waals surface area (Å²) >= 11 is 1.84. The molecule has 31 heavy (non-hydrogen) atoms. The fourth-order valence-corrected chi connectivity index (χ4v) is 4.78. The summed E-state index contributed by atoms with van der Waals surface area (Å²) in [7, 11) is 0. The Kier molecular flexibility index (Phi) is 5.30. The van der Waals surface area contributed by atoms with Crippen LogP contribution in [0.4, 0.5) is 0 Å². The predicted molar refractivity (Wildman–Crippen MR) is 122 cm³/mol. The fourth-order valence-electron chi connectivity index (χ4n) is 3.65. The van der Waals surface area contributed by atoms with Crippen LogP contribution >= 0.6 is 11.8 Å². The van der Waals surface area contributed by atoms with Gasteiger partial charge in [0.1, 0.15) is 0 Å². The number of rotatable bonds is 4. The van der Waals surface area contributed by atoms with Crippen LogP contribution in [0.1, 0.15) is 33.9 Å². The van der Waals surface area contributed by atoms with Crippen LogP contribution in [0.2, 0.25) is 0 Å². The monoisotopic (exact) mass is 427 g/mol. The molecule has 0 unspecified atom stereocenters. The Morgan fingerprint density at radius 1 is 0.935 bits per heavy atom. The highest BCUT2D eigenvalue weighted by molar-refractivity contribution is 7.99. The molecule has 0 spiro atoms. The molecule has 3 aromatic carbocycles. The van der Waals surface area contributed by atoms with Crippen molar-refractivity contribution in [1.82, 2.24) is 15.5 Å². The summed E-state index contributed by atoms with van der Waals surface area (Å²) in [6, 6.07) is 23.5. The molecule has 5 nitrogen and oxygen atoms in total. The molecule has 2 heterocycles. The quantitative estimate of drug-likeness (QED) is 0.454. The van der Waals surface area contributed by atoms with Gasteiger partial charge in [-0.3, -0.25) is 4.79 Å². The first kappa shape index (κ1) is 19.6. The van der Waals surface area contributed by atoms with Crippen molar-refractivity contribution in [2.75, 3.05) is 5.75 Å². The Hall–Kier alpha value is -3.38. The lowest BCUT2D eigenvalue weighted by Gasteiger charge is -2.25. The van der Waals surface area contributed by atoms with Gasteiger partial charge in [-0.15, -0.1) is 22.0 Å². The van der Waals surface area contributed by atoms with E-state index in [-0.39, 0.29) is 11.9 Å². The van der Waals surface area contributed by atoms with Crippen LogP contribution in [-0.4, -0.2) is 21.9 Å². The van der Waals surface area contributed by atoms with Crippen LogP contribution in [0.25, 0.3) is 22.9 Å². The van der Waals surface area contributed by atoms with E-state index in [1.54, 1.807) is 12.1 Å². The number of aryl methyl sites for hydroxylation is 1. The second kappa shape index (κ2) is 8.40. The third-order valence-corrected chi connectivity index (χ3v) is 6.50. The highest BCUT2D eigenvalue weighted by atomic mass is 32.2. The van der Waals surface area contributed by atoms with Crippen LogP contribution in [0, 0.1) is 6.92 Å². The van der Waals surface area contributed by atoms with Crippen LogP contribution < -0.4 is 5.32 Å². The zero-order valence-corrected chi connectivity index (χ0v) is 17.9. The smallest absolute Gasteiger partial charge is 0.251 e. The van der Waals surface area contributed by atoms with Crippen LogP contribution in [0.5, 0.6) is 0 Å². The molecule has 5 rings (SSSR count). The molecule has 6 heteroatoms. The number of nitrogens with zero attached hydrogens (tertiary/aromatic N) is 2. The molecule has 4 aromatic rings. The molecule has 0 bridgehead atoms. The molecule has 1 aromatic heterocycles. The third kappa shape index (κ3) is 4.11. The summed E-state index contributed by atoms with van der Waals surface area (Å²) in [6.45, 7) is 2.03. The van der Waals surface area contributed by atoms with Gasteiger partial charge in [-0.05, 0) is 61.4 Å². The number of benzene rings is 3. The summed E-state index contributed by atoms with van der Waals surface area (Å²) in [5, 5.41) is 11.5. The van der Waals surface area contributed by atoms with Crippen molar-refractivity contribution in [3.8, 4) is 22.9 Å². The molecule has 0 fully saturated rings. The zero-order chi connectivity index (χ0) is 21.2. The number of aromatic nitrogens is 2. The van der Waals surface area contributed by atoms with E-state index in [2.05, 4.69) is 27.6 Å². The Morgan fingerprint density at radius 3 is 2.29 bits per heavy atom. The van der Waals surface area contributed by atoms with Crippen LogP contribution in [0.15, 0.2) is 82.1 Å². The van der Waals surface area contributed by atoms with Gasteiger partial charge >= 0.3 is 0 Å². The van der Waals surface area contributed by atoms with Gasteiger partial charge in [0.15, 0.2) is 0 Å². The molecular formula is C25H21N3O2S. The first-order valence-electron chi connectivity index (χ1n) is 10.2. The van der Waals surface area contributed by atoms with E-state index in [1.807, 2.05) is 67.2 Å². The van der Waals surface area contributed by atoms with Gasteiger partial charge in [0.05, 0.1) is 6.04 Å². The molecule has 154 valence electrons. The van der Waals surface area contributed by atoms with Crippen molar-refractivity contribution in [2.45, 2.75) is 24.3 Å². The normalized spacial score (nSPS) is 15.3. The minimum absolute atomic E-state index is 0.0395. The number of hydrogen-bond acceptors (Lipinski definition) is 5. The lowest BCUT2D eigenvalue weighted by atomic mass is 10.0. The van der Waals surface area contributed by atoms with Gasteiger partial charge in [-0.2, -0.15) is 0 Å². The maximum absolute atomic E-state index is 12.8. The topological polar surface area (TPSA) is 68.0 Å². The molecular weight excluding hydrogens is 406 g/mol. The van der Waals surface area contributed by atoms with Crippen molar-refractivity contribution in [3.63, 3.8) is 0 Å². The maximum atomic E-state index is 12.8. The molecule has 0 radical (unpaired) electrons. The van der Waals surface area contributed by atoms with E-state index < -0.39 is 0 Å². The molecule has 1 aliphatic rings. The van der Waals surface area contributed by atoms with Crippen molar-refractivity contribution in [2.24, 2.45) is 0 Å². The second-order valence-electron chi connectivity index (χ2n) is 7.56. The van der Waals surface area contributed by atoms with Gasteiger partial charge in [0.25, 0.3) is 5.91 Å². The summed E-state index contributed by atoms with van der Waals surface area (Å²) in [6.07, 6.45) is 0.926. The van der Waals surface area contributed by atoms with Crippen molar-refractivity contribution < 1.29 is 9.21 Å². The summed E-state index contributed by atoms with van der Waals surface area (Å²) in [4.78, 5) is 14.1. The van der Waals surface area contributed by atoms with E-state index >= 15 is 0 Å². The maximum Gasteiger partial charge on any atom is 0.251 e. The van der Waals surface area contributed by atoms with Crippen molar-refractivity contribution >= 4 is 17.7 Å². The molecule has 1 N–H and O–H groups in total. The number of amides is 1. The molecule has 1 aliphatic heterocycles. The van der Waals surface area contributed by atoms with E-state index in [0.29, 0.717) is 17.3 Å². The first-order chi connectivity index (χ1) is 15.2. The number of hydrogen-bond donors (Lipinski definition) is 1. The fraction of sp³-hybridized carbons (Fsp3) is 0.160.